The maximum absolute atomic E-state index is 10.5. The van der Waals surface area contributed by atoms with Crippen LogP contribution in [0, 0.1) is 0 Å². The lowest BCUT2D eigenvalue weighted by Gasteiger charge is -2.47. The molecule has 1 fully saturated rings. The van der Waals surface area contributed by atoms with E-state index in [2.05, 4.69) is 17.0 Å². The first-order valence-corrected chi connectivity index (χ1v) is 7.20. The third kappa shape index (κ3) is 4.72. The molecule has 0 aliphatic carbocycles. The van der Waals surface area contributed by atoms with Crippen molar-refractivity contribution in [3.05, 3.63) is 29.8 Å². The maximum atomic E-state index is 10.5. The van der Waals surface area contributed by atoms with Crippen molar-refractivity contribution in [3.63, 3.8) is 0 Å². The fourth-order valence-electron chi connectivity index (χ4n) is 2.54. The zero-order chi connectivity index (χ0) is 15.5. The first-order valence-electron chi connectivity index (χ1n) is 7.20. The van der Waals surface area contributed by atoms with Gasteiger partial charge < -0.3 is 14.6 Å². The predicted molar refractivity (Wildman–Crippen MR) is 79.5 cm³/mol. The van der Waals surface area contributed by atoms with Crippen molar-refractivity contribution in [2.24, 2.45) is 0 Å². The quantitative estimate of drug-likeness (QED) is 0.834. The molecule has 1 N–H and O–H groups in total. The number of likely N-dealkylation sites (tertiary alicyclic amines) is 1. The second-order valence-corrected chi connectivity index (χ2v) is 6.09. The average Bonchev–Trinajstić information content (AvgIpc) is 2.36. The Balaban J connectivity index is 1.78. The smallest absolute Gasteiger partial charge is 0.329 e. The van der Waals surface area contributed by atoms with Crippen LogP contribution >= 0.6 is 0 Å². The molecule has 5 nitrogen and oxygen atoms in total. The highest BCUT2D eigenvalue weighted by atomic mass is 16.5. The van der Waals surface area contributed by atoms with Gasteiger partial charge in [-0.25, -0.2) is 4.79 Å². The number of nitrogens with zero attached hydrogens (tertiary/aromatic N) is 1. The van der Waals surface area contributed by atoms with Crippen LogP contribution in [0.3, 0.4) is 0 Å². The summed E-state index contributed by atoms with van der Waals surface area (Å²) in [4.78, 5) is 12.8. The molecule has 1 aromatic carbocycles. The summed E-state index contributed by atoms with van der Waals surface area (Å²) in [6.45, 7) is 8.08. The summed E-state index contributed by atoms with van der Waals surface area (Å²) in [6.07, 6.45) is 0.179. The molecule has 0 aromatic heterocycles. The molecule has 0 amide bonds. The van der Waals surface area contributed by atoms with E-state index >= 15 is 0 Å². The molecule has 2 rings (SSSR count). The monoisotopic (exact) mass is 293 g/mol. The number of aliphatic carboxylic acids is 1. The maximum Gasteiger partial charge on any atom is 0.329 e. The summed E-state index contributed by atoms with van der Waals surface area (Å²) in [5.41, 5.74) is 0.880. The zero-order valence-electron chi connectivity index (χ0n) is 12.8. The van der Waals surface area contributed by atoms with Gasteiger partial charge in [0.2, 0.25) is 0 Å². The van der Waals surface area contributed by atoms with Crippen LogP contribution in [0.15, 0.2) is 24.3 Å². The molecule has 0 bridgehead atoms. The highest BCUT2D eigenvalue weighted by Crippen LogP contribution is 2.26. The fraction of sp³-hybridized carbons (Fsp3) is 0.562. The summed E-state index contributed by atoms with van der Waals surface area (Å²) in [5.74, 6) is -0.0394. The minimum atomic E-state index is -0.921. The lowest BCUT2D eigenvalue weighted by Crippen LogP contribution is -2.61. The Labute approximate surface area is 125 Å². The Hall–Kier alpha value is -1.59. The summed E-state index contributed by atoms with van der Waals surface area (Å²) in [7, 11) is 0. The normalized spacial score (nSPS) is 17.5. The Bertz CT molecular complexity index is 478. The minimum Gasteiger partial charge on any atom is -0.491 e. The first kappa shape index (κ1) is 15.8. The van der Waals surface area contributed by atoms with E-state index in [1.165, 1.54) is 5.56 Å². The topological polar surface area (TPSA) is 59.0 Å². The first-order chi connectivity index (χ1) is 9.86. The molecule has 5 heteroatoms. The van der Waals surface area contributed by atoms with Gasteiger partial charge in [0.15, 0.2) is 0 Å². The average molecular weight is 293 g/mol. The van der Waals surface area contributed by atoms with Gasteiger partial charge in [-0.15, -0.1) is 0 Å². The summed E-state index contributed by atoms with van der Waals surface area (Å²) >= 11 is 0. The molecule has 0 saturated carbocycles. The van der Waals surface area contributed by atoms with E-state index in [-0.39, 0.29) is 18.3 Å². The van der Waals surface area contributed by atoms with Gasteiger partial charge in [-0.1, -0.05) is 12.1 Å². The zero-order valence-corrected chi connectivity index (χ0v) is 12.8. The van der Waals surface area contributed by atoms with E-state index in [0.717, 1.165) is 25.4 Å². The number of benzene rings is 1. The van der Waals surface area contributed by atoms with E-state index in [0.29, 0.717) is 0 Å². The third-order valence-corrected chi connectivity index (χ3v) is 3.36. The van der Waals surface area contributed by atoms with Crippen molar-refractivity contribution in [1.29, 1.82) is 0 Å². The third-order valence-electron chi connectivity index (χ3n) is 3.36. The number of ether oxygens (including phenoxy) is 2. The van der Waals surface area contributed by atoms with Gasteiger partial charge in [0.05, 0.1) is 11.7 Å². The molecule has 1 saturated heterocycles. The van der Waals surface area contributed by atoms with E-state index in [4.69, 9.17) is 14.6 Å². The van der Waals surface area contributed by atoms with Gasteiger partial charge in [-0.05, 0) is 38.5 Å². The summed E-state index contributed by atoms with van der Waals surface area (Å²) < 4.78 is 11.0. The number of carboxylic acids is 1. The molecular weight excluding hydrogens is 270 g/mol. The molecule has 0 radical (unpaired) electrons. The Morgan fingerprint density at radius 1 is 1.33 bits per heavy atom. The second-order valence-electron chi connectivity index (χ2n) is 6.09. The van der Waals surface area contributed by atoms with Gasteiger partial charge in [0, 0.05) is 19.6 Å². The molecule has 1 aliphatic heterocycles. The highest BCUT2D eigenvalue weighted by molar-refractivity contribution is 5.68. The molecule has 21 heavy (non-hydrogen) atoms. The van der Waals surface area contributed by atoms with Gasteiger partial charge in [-0.3, -0.25) is 4.90 Å². The molecular formula is C16H23NO4. The van der Waals surface area contributed by atoms with Gasteiger partial charge in [0.1, 0.15) is 12.4 Å². The van der Waals surface area contributed by atoms with Crippen LogP contribution in [-0.2, 0) is 16.1 Å². The standard InChI is InChI=1S/C16H23NO4/c1-12(2)21-14-6-4-13(5-7-14)8-17-10-16(3,11-17)20-9-15(18)19/h4-7,12H,8-11H2,1-3H3,(H,18,19). The predicted octanol–water partition coefficient (Wildman–Crippen LogP) is 2.15. The van der Waals surface area contributed by atoms with Crippen molar-refractivity contribution in [2.45, 2.75) is 39.0 Å². The summed E-state index contributed by atoms with van der Waals surface area (Å²) in [6, 6.07) is 8.08. The molecule has 116 valence electrons. The van der Waals surface area contributed by atoms with E-state index in [1.54, 1.807) is 0 Å². The number of rotatable bonds is 7. The number of carbonyl (C=O) groups is 1. The van der Waals surface area contributed by atoms with Gasteiger partial charge in [-0.2, -0.15) is 0 Å². The van der Waals surface area contributed by atoms with Crippen molar-refractivity contribution in [3.8, 4) is 5.75 Å². The van der Waals surface area contributed by atoms with Gasteiger partial charge >= 0.3 is 5.97 Å². The number of hydrogen-bond donors (Lipinski definition) is 1. The summed E-state index contributed by atoms with van der Waals surface area (Å²) in [5, 5.41) is 8.64. The van der Waals surface area contributed by atoms with Crippen LogP contribution < -0.4 is 4.74 Å². The molecule has 0 unspecified atom stereocenters. The van der Waals surface area contributed by atoms with E-state index in [9.17, 15) is 4.79 Å². The van der Waals surface area contributed by atoms with Crippen molar-refractivity contribution >= 4 is 5.97 Å². The Morgan fingerprint density at radius 2 is 1.95 bits per heavy atom. The largest absolute Gasteiger partial charge is 0.491 e. The van der Waals surface area contributed by atoms with Crippen LogP contribution in [0.5, 0.6) is 5.75 Å². The van der Waals surface area contributed by atoms with Crippen molar-refractivity contribution in [2.75, 3.05) is 19.7 Å². The second kappa shape index (κ2) is 6.45. The SMILES string of the molecule is CC(C)Oc1ccc(CN2CC(C)(OCC(=O)O)C2)cc1. The molecule has 1 aliphatic rings. The van der Waals surface area contributed by atoms with Crippen LogP contribution in [0.2, 0.25) is 0 Å². The lowest BCUT2D eigenvalue weighted by atomic mass is 9.95. The van der Waals surface area contributed by atoms with Crippen LogP contribution in [0.4, 0.5) is 0 Å². The minimum absolute atomic E-state index is 0.179. The Morgan fingerprint density at radius 3 is 2.48 bits per heavy atom. The molecule has 1 aromatic rings. The van der Waals surface area contributed by atoms with Crippen LogP contribution in [0.1, 0.15) is 26.3 Å². The lowest BCUT2D eigenvalue weighted by molar-refractivity contribution is -0.165. The highest BCUT2D eigenvalue weighted by Gasteiger charge is 2.39. The molecule has 0 spiro atoms. The van der Waals surface area contributed by atoms with Crippen LogP contribution in [-0.4, -0.2) is 47.4 Å². The van der Waals surface area contributed by atoms with Crippen LogP contribution in [0.25, 0.3) is 0 Å². The van der Waals surface area contributed by atoms with E-state index < -0.39 is 5.97 Å². The molecule has 0 atom stereocenters. The number of carboxylic acid groups (broad SMARTS) is 1. The number of hydrogen-bond acceptors (Lipinski definition) is 4. The van der Waals surface area contributed by atoms with Gasteiger partial charge in [0.25, 0.3) is 0 Å². The Kier molecular flexibility index (Phi) is 4.85. The van der Waals surface area contributed by atoms with E-state index in [1.807, 2.05) is 32.9 Å². The molecule has 1 heterocycles. The van der Waals surface area contributed by atoms with Crippen molar-refractivity contribution < 1.29 is 19.4 Å². The van der Waals surface area contributed by atoms with Crippen molar-refractivity contribution in [1.82, 2.24) is 4.90 Å². The fourth-order valence-corrected chi connectivity index (χ4v) is 2.54.